The molecule has 0 spiro atoms. The van der Waals surface area contributed by atoms with Crippen molar-refractivity contribution in [1.29, 1.82) is 0 Å². The zero-order valence-electron chi connectivity index (χ0n) is 12.9. The van der Waals surface area contributed by atoms with E-state index in [0.717, 1.165) is 12.1 Å². The van der Waals surface area contributed by atoms with E-state index in [9.17, 15) is 14.5 Å². The van der Waals surface area contributed by atoms with Crippen LogP contribution in [0.15, 0.2) is 51.7 Å². The number of phenolic OH excluding ortho intramolecular Hbond substituents is 1. The van der Waals surface area contributed by atoms with E-state index in [4.69, 9.17) is 18.9 Å². The van der Waals surface area contributed by atoms with E-state index in [1.54, 1.807) is 24.3 Å². The standard InChI is InChI=1S/C16H13O8P/c1-22-10-4-2-9(3-5-10)14-8-13(18)16-12(17)6-11(7-15(16)23-14)24-25(19,20)21/h2-8,17H,1H3,(H2,19,20,21). The molecule has 25 heavy (non-hydrogen) atoms. The highest BCUT2D eigenvalue weighted by atomic mass is 31.2. The Balaban J connectivity index is 2.15. The van der Waals surface area contributed by atoms with Gasteiger partial charge in [0.1, 0.15) is 34.0 Å². The van der Waals surface area contributed by atoms with Gasteiger partial charge in [0, 0.05) is 23.8 Å². The number of phosphoric acid groups is 1. The molecule has 0 aliphatic heterocycles. The smallest absolute Gasteiger partial charge is 0.507 e. The van der Waals surface area contributed by atoms with Crippen LogP contribution in [0.2, 0.25) is 0 Å². The first-order valence-electron chi connectivity index (χ1n) is 6.97. The average Bonchev–Trinajstić information content (AvgIpc) is 2.52. The van der Waals surface area contributed by atoms with Gasteiger partial charge in [-0.2, -0.15) is 0 Å². The normalized spacial score (nSPS) is 11.5. The van der Waals surface area contributed by atoms with Crippen molar-refractivity contribution < 1.29 is 33.1 Å². The van der Waals surface area contributed by atoms with Crippen LogP contribution in [0, 0.1) is 0 Å². The maximum atomic E-state index is 12.3. The summed E-state index contributed by atoms with van der Waals surface area (Å²) in [5.41, 5.74) is 0.00895. The average molecular weight is 364 g/mol. The molecule has 0 amide bonds. The Morgan fingerprint density at radius 2 is 1.72 bits per heavy atom. The summed E-state index contributed by atoms with van der Waals surface area (Å²) in [6.07, 6.45) is 0. The number of phenols is 1. The number of hydrogen-bond donors (Lipinski definition) is 3. The second-order valence-corrected chi connectivity index (χ2v) is 6.26. The maximum Gasteiger partial charge on any atom is 0.524 e. The van der Waals surface area contributed by atoms with Gasteiger partial charge >= 0.3 is 7.82 Å². The fourth-order valence-corrected chi connectivity index (χ4v) is 2.71. The van der Waals surface area contributed by atoms with Crippen molar-refractivity contribution in [3.8, 4) is 28.6 Å². The summed E-state index contributed by atoms with van der Waals surface area (Å²) in [5.74, 6) is 0.0130. The molecule has 130 valence electrons. The number of ether oxygens (including phenoxy) is 1. The lowest BCUT2D eigenvalue weighted by atomic mass is 10.1. The Hall–Kier alpha value is -2.80. The fraction of sp³-hybridized carbons (Fsp3) is 0.0625. The van der Waals surface area contributed by atoms with E-state index in [1.165, 1.54) is 13.2 Å². The minimum absolute atomic E-state index is 0.0678. The molecule has 0 bridgehead atoms. The van der Waals surface area contributed by atoms with Gasteiger partial charge in [0.2, 0.25) is 0 Å². The number of rotatable bonds is 4. The molecule has 0 atom stereocenters. The highest BCUT2D eigenvalue weighted by Gasteiger charge is 2.19. The molecule has 0 saturated heterocycles. The van der Waals surface area contributed by atoms with Crippen molar-refractivity contribution in [2.75, 3.05) is 7.11 Å². The van der Waals surface area contributed by atoms with Crippen LogP contribution < -0.4 is 14.7 Å². The van der Waals surface area contributed by atoms with E-state index < -0.39 is 19.0 Å². The van der Waals surface area contributed by atoms with E-state index in [-0.39, 0.29) is 22.5 Å². The molecule has 2 aromatic carbocycles. The lowest BCUT2D eigenvalue weighted by Crippen LogP contribution is -2.01. The minimum atomic E-state index is -4.82. The Kier molecular flexibility index (Phi) is 4.26. The van der Waals surface area contributed by atoms with Gasteiger partial charge in [0.05, 0.1) is 7.11 Å². The third kappa shape index (κ3) is 3.66. The summed E-state index contributed by atoms with van der Waals surface area (Å²) in [5, 5.41) is 9.83. The molecular formula is C16H13O8P. The molecule has 0 aliphatic carbocycles. The summed E-state index contributed by atoms with van der Waals surface area (Å²) in [6, 6.07) is 10.0. The molecule has 0 saturated carbocycles. The van der Waals surface area contributed by atoms with Crippen molar-refractivity contribution in [3.63, 3.8) is 0 Å². The SMILES string of the molecule is COc1ccc(-c2cc(=O)c3c(O)cc(OP(=O)(O)O)cc3o2)cc1. The maximum absolute atomic E-state index is 12.3. The molecule has 3 rings (SSSR count). The Labute approximate surface area is 141 Å². The molecule has 1 aromatic heterocycles. The van der Waals surface area contributed by atoms with Gasteiger partial charge in [-0.1, -0.05) is 0 Å². The van der Waals surface area contributed by atoms with Gasteiger partial charge in [-0.15, -0.1) is 0 Å². The molecule has 8 nitrogen and oxygen atoms in total. The third-order valence-corrected chi connectivity index (χ3v) is 3.83. The quantitative estimate of drug-likeness (QED) is 0.603. The third-order valence-electron chi connectivity index (χ3n) is 3.38. The van der Waals surface area contributed by atoms with Crippen molar-refractivity contribution >= 4 is 18.8 Å². The molecule has 0 radical (unpaired) electrons. The highest BCUT2D eigenvalue weighted by molar-refractivity contribution is 7.46. The molecular weight excluding hydrogens is 351 g/mol. The summed E-state index contributed by atoms with van der Waals surface area (Å²) in [6.45, 7) is 0. The van der Waals surface area contributed by atoms with Crippen molar-refractivity contribution in [1.82, 2.24) is 0 Å². The lowest BCUT2D eigenvalue weighted by Gasteiger charge is -2.09. The van der Waals surface area contributed by atoms with E-state index in [2.05, 4.69) is 4.52 Å². The molecule has 1 heterocycles. The predicted molar refractivity (Wildman–Crippen MR) is 88.8 cm³/mol. The first kappa shape index (κ1) is 17.0. The summed E-state index contributed by atoms with van der Waals surface area (Å²) in [4.78, 5) is 30.0. The van der Waals surface area contributed by atoms with E-state index in [1.807, 2.05) is 0 Å². The Morgan fingerprint density at radius 1 is 1.04 bits per heavy atom. The number of methoxy groups -OCH3 is 1. The van der Waals surface area contributed by atoms with Crippen LogP contribution >= 0.6 is 7.82 Å². The molecule has 0 fully saturated rings. The van der Waals surface area contributed by atoms with Crippen LogP contribution in [0.1, 0.15) is 0 Å². The summed E-state index contributed by atoms with van der Waals surface area (Å²) >= 11 is 0. The second kappa shape index (κ2) is 6.25. The van der Waals surface area contributed by atoms with Crippen LogP contribution in [-0.2, 0) is 4.57 Å². The number of hydrogen-bond acceptors (Lipinski definition) is 6. The Morgan fingerprint density at radius 3 is 2.32 bits per heavy atom. The zero-order valence-corrected chi connectivity index (χ0v) is 13.8. The van der Waals surface area contributed by atoms with E-state index >= 15 is 0 Å². The number of fused-ring (bicyclic) bond motifs is 1. The first-order valence-corrected chi connectivity index (χ1v) is 8.50. The second-order valence-electron chi connectivity index (χ2n) is 5.10. The highest BCUT2D eigenvalue weighted by Crippen LogP contribution is 2.40. The topological polar surface area (TPSA) is 126 Å². The zero-order chi connectivity index (χ0) is 18.2. The van der Waals surface area contributed by atoms with Crippen molar-refractivity contribution in [2.24, 2.45) is 0 Å². The van der Waals surface area contributed by atoms with Gasteiger partial charge in [0.25, 0.3) is 0 Å². The van der Waals surface area contributed by atoms with Crippen LogP contribution in [0.25, 0.3) is 22.3 Å². The minimum Gasteiger partial charge on any atom is -0.507 e. The van der Waals surface area contributed by atoms with E-state index in [0.29, 0.717) is 11.3 Å². The summed E-state index contributed by atoms with van der Waals surface area (Å²) < 4.78 is 26.1. The van der Waals surface area contributed by atoms with Gasteiger partial charge in [-0.3, -0.25) is 14.6 Å². The largest absolute Gasteiger partial charge is 0.524 e. The van der Waals surface area contributed by atoms with Crippen LogP contribution in [0.3, 0.4) is 0 Å². The van der Waals surface area contributed by atoms with Crippen molar-refractivity contribution in [3.05, 3.63) is 52.7 Å². The number of aromatic hydroxyl groups is 1. The lowest BCUT2D eigenvalue weighted by molar-refractivity contribution is 0.283. The van der Waals surface area contributed by atoms with Crippen LogP contribution in [0.5, 0.6) is 17.2 Å². The van der Waals surface area contributed by atoms with Gasteiger partial charge in [-0.05, 0) is 24.3 Å². The van der Waals surface area contributed by atoms with Gasteiger partial charge in [0.15, 0.2) is 5.43 Å². The first-order chi connectivity index (χ1) is 11.8. The van der Waals surface area contributed by atoms with Gasteiger partial charge < -0.3 is 18.8 Å². The van der Waals surface area contributed by atoms with Crippen LogP contribution in [0.4, 0.5) is 0 Å². The number of benzene rings is 2. The predicted octanol–water partition coefficient (Wildman–Crippen LogP) is 2.65. The molecule has 3 aromatic rings. The monoisotopic (exact) mass is 364 g/mol. The number of phosphoric ester groups is 1. The van der Waals surface area contributed by atoms with Gasteiger partial charge in [-0.25, -0.2) is 4.57 Å². The summed E-state index contributed by atoms with van der Waals surface area (Å²) in [7, 11) is -3.30. The fourth-order valence-electron chi connectivity index (χ4n) is 2.33. The van der Waals surface area contributed by atoms with Crippen molar-refractivity contribution in [2.45, 2.75) is 0 Å². The molecule has 0 aliphatic rings. The Bertz CT molecular complexity index is 1030. The molecule has 9 heteroatoms. The molecule has 0 unspecified atom stereocenters. The van der Waals surface area contributed by atoms with Crippen LogP contribution in [-0.4, -0.2) is 22.0 Å². The molecule has 3 N–H and O–H groups in total.